The molecule has 2 aliphatic heterocycles. The molecule has 10 nitrogen and oxygen atoms in total. The van der Waals surface area contributed by atoms with E-state index in [2.05, 4.69) is 0 Å². The van der Waals surface area contributed by atoms with Crippen molar-refractivity contribution in [2.24, 2.45) is 0 Å². The van der Waals surface area contributed by atoms with Gasteiger partial charge in [0.25, 0.3) is 0 Å². The number of hydrogen-bond donors (Lipinski definition) is 0. The number of amides is 1. The second kappa shape index (κ2) is 8.64. The predicted octanol–water partition coefficient (Wildman–Crippen LogP) is -0.126. The Balaban J connectivity index is 1.37. The molecular formula is C20H28N4O6S2. The van der Waals surface area contributed by atoms with Crippen LogP contribution in [0.15, 0.2) is 29.1 Å². The van der Waals surface area contributed by atoms with Crippen molar-refractivity contribution >= 4 is 36.8 Å². The van der Waals surface area contributed by atoms with Crippen LogP contribution < -0.4 is 5.69 Å². The van der Waals surface area contributed by atoms with Gasteiger partial charge in [0.2, 0.25) is 15.9 Å². The average Bonchev–Trinajstić information content (AvgIpc) is 3.28. The highest BCUT2D eigenvalue weighted by Gasteiger charge is 2.41. The van der Waals surface area contributed by atoms with Gasteiger partial charge in [0.15, 0.2) is 9.84 Å². The standard InChI is InChI=1S/C20H28N4O6S2/c1-2-23-17-5-3-4-6-18(17)24(20(23)26)9-7-19(25)21-10-12-22(13-11-21)32(29,30)16-8-14-31(27,28)15-16/h3-6,16H,2,7-15H2,1H3. The quantitative estimate of drug-likeness (QED) is 0.564. The molecule has 1 atom stereocenters. The van der Waals surface area contributed by atoms with E-state index >= 15 is 0 Å². The van der Waals surface area contributed by atoms with E-state index in [1.807, 2.05) is 31.2 Å². The van der Waals surface area contributed by atoms with E-state index in [1.54, 1.807) is 14.0 Å². The first-order valence-electron chi connectivity index (χ1n) is 10.8. The second-order valence-corrected chi connectivity index (χ2v) is 12.7. The first-order chi connectivity index (χ1) is 15.1. The number of hydrogen-bond acceptors (Lipinski definition) is 6. The molecule has 0 bridgehead atoms. The summed E-state index contributed by atoms with van der Waals surface area (Å²) in [7, 11) is -6.99. The molecule has 12 heteroatoms. The number of piperazine rings is 1. The summed E-state index contributed by atoms with van der Waals surface area (Å²) in [5.41, 5.74) is 1.47. The van der Waals surface area contributed by atoms with Crippen LogP contribution in [0.1, 0.15) is 19.8 Å². The molecule has 0 N–H and O–H groups in total. The summed E-state index contributed by atoms with van der Waals surface area (Å²) in [4.78, 5) is 27.1. The number of nitrogens with zero attached hydrogens (tertiary/aromatic N) is 4. The Kier molecular flexibility index (Phi) is 6.21. The minimum atomic E-state index is -3.70. The van der Waals surface area contributed by atoms with E-state index in [9.17, 15) is 26.4 Å². The first kappa shape index (κ1) is 23.0. The number of benzene rings is 1. The van der Waals surface area contributed by atoms with Crippen molar-refractivity contribution in [2.45, 2.75) is 38.1 Å². The van der Waals surface area contributed by atoms with Gasteiger partial charge in [0.05, 0.1) is 27.8 Å². The smallest absolute Gasteiger partial charge is 0.329 e. The Bertz CT molecular complexity index is 1290. The molecule has 2 aromatic rings. The van der Waals surface area contributed by atoms with Crippen molar-refractivity contribution in [1.82, 2.24) is 18.3 Å². The normalized spacial score (nSPS) is 21.9. The number of aromatic nitrogens is 2. The molecule has 1 aromatic carbocycles. The number of para-hydroxylation sites is 2. The third-order valence-corrected chi connectivity index (χ3v) is 10.7. The van der Waals surface area contributed by atoms with Crippen molar-refractivity contribution in [1.29, 1.82) is 0 Å². The molecule has 3 heterocycles. The van der Waals surface area contributed by atoms with Crippen LogP contribution in [0, 0.1) is 0 Å². The predicted molar refractivity (Wildman–Crippen MR) is 121 cm³/mol. The van der Waals surface area contributed by atoms with Crippen LogP contribution in [0.3, 0.4) is 0 Å². The van der Waals surface area contributed by atoms with Crippen LogP contribution in [0.2, 0.25) is 0 Å². The number of imidazole rings is 1. The van der Waals surface area contributed by atoms with Gasteiger partial charge in [-0.25, -0.2) is 21.6 Å². The summed E-state index contributed by atoms with van der Waals surface area (Å²) in [6, 6.07) is 7.47. The van der Waals surface area contributed by atoms with Crippen LogP contribution in [0.25, 0.3) is 11.0 Å². The van der Waals surface area contributed by atoms with Gasteiger partial charge in [0.1, 0.15) is 0 Å². The number of sulfone groups is 1. The molecule has 0 aliphatic carbocycles. The maximum atomic E-state index is 12.8. The molecule has 1 amide bonds. The number of fused-ring (bicyclic) bond motifs is 1. The zero-order valence-corrected chi connectivity index (χ0v) is 19.6. The third kappa shape index (κ3) is 4.23. The lowest BCUT2D eigenvalue weighted by molar-refractivity contribution is -0.132. The Morgan fingerprint density at radius 2 is 1.69 bits per heavy atom. The molecule has 4 rings (SSSR count). The molecule has 0 saturated carbocycles. The Morgan fingerprint density at radius 3 is 2.25 bits per heavy atom. The lowest BCUT2D eigenvalue weighted by Gasteiger charge is -2.35. The van der Waals surface area contributed by atoms with Gasteiger partial charge in [0, 0.05) is 45.7 Å². The van der Waals surface area contributed by atoms with Crippen LogP contribution in [-0.2, 0) is 37.7 Å². The highest BCUT2D eigenvalue weighted by atomic mass is 32.2. The summed E-state index contributed by atoms with van der Waals surface area (Å²) >= 11 is 0. The summed E-state index contributed by atoms with van der Waals surface area (Å²) in [5, 5.41) is -0.891. The monoisotopic (exact) mass is 484 g/mol. The number of carbonyl (C=O) groups excluding carboxylic acids is 1. The van der Waals surface area contributed by atoms with Crippen molar-refractivity contribution in [2.75, 3.05) is 37.7 Å². The lowest BCUT2D eigenvalue weighted by atomic mass is 10.3. The molecule has 0 radical (unpaired) electrons. The number of rotatable bonds is 6. The molecule has 2 fully saturated rings. The number of aryl methyl sites for hydroxylation is 2. The first-order valence-corrected chi connectivity index (χ1v) is 14.1. The molecule has 0 spiro atoms. The fourth-order valence-electron chi connectivity index (χ4n) is 4.56. The van der Waals surface area contributed by atoms with Gasteiger partial charge >= 0.3 is 5.69 Å². The van der Waals surface area contributed by atoms with E-state index in [-0.39, 0.29) is 68.7 Å². The fourth-order valence-corrected chi connectivity index (χ4v) is 9.07. The van der Waals surface area contributed by atoms with Gasteiger partial charge in [-0.1, -0.05) is 12.1 Å². The minimum absolute atomic E-state index is 0.0941. The summed E-state index contributed by atoms with van der Waals surface area (Å²) in [6.45, 7) is 3.51. The molecule has 2 saturated heterocycles. The third-order valence-electron chi connectivity index (χ3n) is 6.35. The maximum absolute atomic E-state index is 12.8. The van der Waals surface area contributed by atoms with Crippen LogP contribution in [0.4, 0.5) is 0 Å². The summed E-state index contributed by atoms with van der Waals surface area (Å²) < 4.78 is 53.5. The average molecular weight is 485 g/mol. The van der Waals surface area contributed by atoms with Crippen LogP contribution >= 0.6 is 0 Å². The summed E-state index contributed by atoms with van der Waals surface area (Å²) in [5.74, 6) is -0.552. The maximum Gasteiger partial charge on any atom is 0.329 e. The van der Waals surface area contributed by atoms with Crippen molar-refractivity contribution in [3.05, 3.63) is 34.7 Å². The van der Waals surface area contributed by atoms with E-state index < -0.39 is 25.1 Å². The fraction of sp³-hybridized carbons (Fsp3) is 0.600. The van der Waals surface area contributed by atoms with Crippen molar-refractivity contribution in [3.8, 4) is 0 Å². The molecule has 176 valence electrons. The highest BCUT2D eigenvalue weighted by molar-refractivity contribution is 7.95. The Morgan fingerprint density at radius 1 is 1.06 bits per heavy atom. The largest absolute Gasteiger partial charge is 0.340 e. The molecule has 1 aromatic heterocycles. The zero-order chi connectivity index (χ0) is 23.1. The number of sulfonamides is 1. The van der Waals surface area contributed by atoms with Gasteiger partial charge in [-0.3, -0.25) is 13.9 Å². The Labute approximate surface area is 187 Å². The van der Waals surface area contributed by atoms with E-state index in [0.717, 1.165) is 11.0 Å². The lowest BCUT2D eigenvalue weighted by Crippen LogP contribution is -2.52. The minimum Gasteiger partial charge on any atom is -0.340 e. The molecule has 2 aliphatic rings. The molecular weight excluding hydrogens is 456 g/mol. The van der Waals surface area contributed by atoms with E-state index in [4.69, 9.17) is 0 Å². The van der Waals surface area contributed by atoms with Gasteiger partial charge < -0.3 is 4.90 Å². The summed E-state index contributed by atoms with van der Waals surface area (Å²) in [6.07, 6.45) is 0.273. The van der Waals surface area contributed by atoms with Gasteiger partial charge in [-0.2, -0.15) is 4.31 Å². The molecule has 32 heavy (non-hydrogen) atoms. The van der Waals surface area contributed by atoms with E-state index in [1.165, 1.54) is 4.31 Å². The molecule has 1 unspecified atom stereocenters. The number of carbonyl (C=O) groups is 1. The van der Waals surface area contributed by atoms with E-state index in [0.29, 0.717) is 6.54 Å². The van der Waals surface area contributed by atoms with Crippen LogP contribution in [-0.4, -0.2) is 84.0 Å². The van der Waals surface area contributed by atoms with Gasteiger partial charge in [-0.15, -0.1) is 0 Å². The SMILES string of the molecule is CCn1c(=O)n(CCC(=O)N2CCN(S(=O)(=O)C3CCS(=O)(=O)C3)CC2)c2ccccc21. The zero-order valence-electron chi connectivity index (χ0n) is 18.0. The second-order valence-electron chi connectivity index (χ2n) is 8.27. The van der Waals surface area contributed by atoms with Crippen molar-refractivity contribution < 1.29 is 21.6 Å². The van der Waals surface area contributed by atoms with Crippen molar-refractivity contribution in [3.63, 3.8) is 0 Å². The van der Waals surface area contributed by atoms with Crippen LogP contribution in [0.5, 0.6) is 0 Å². The highest BCUT2D eigenvalue weighted by Crippen LogP contribution is 2.23. The Hall–Kier alpha value is -2.18. The topological polar surface area (TPSA) is 119 Å². The van der Waals surface area contributed by atoms with Gasteiger partial charge in [-0.05, 0) is 25.5 Å².